The van der Waals surface area contributed by atoms with Crippen molar-refractivity contribution in [2.75, 3.05) is 0 Å². The van der Waals surface area contributed by atoms with E-state index < -0.39 is 11.6 Å². The van der Waals surface area contributed by atoms with E-state index in [-0.39, 0.29) is 17.0 Å². The smallest absolute Gasteiger partial charge is 0.300 e. The molecule has 5 heteroatoms. The normalized spacial score (nSPS) is 41.4. The zero-order chi connectivity index (χ0) is 20.9. The summed E-state index contributed by atoms with van der Waals surface area (Å²) < 4.78 is 0. The quantitative estimate of drug-likeness (QED) is 0.714. The van der Waals surface area contributed by atoms with Gasteiger partial charge in [-0.05, 0) is 81.3 Å². The molecule has 0 amide bonds. The maximum atomic E-state index is 12.2. The highest BCUT2D eigenvalue weighted by molar-refractivity contribution is 5.92. The zero-order valence-corrected chi connectivity index (χ0v) is 17.3. The van der Waals surface area contributed by atoms with Gasteiger partial charge in [0.2, 0.25) is 0 Å². The van der Waals surface area contributed by atoms with Crippen LogP contribution in [0.3, 0.4) is 0 Å². The Morgan fingerprint density at radius 1 is 1.14 bits per heavy atom. The van der Waals surface area contributed by atoms with Gasteiger partial charge in [-0.2, -0.15) is 0 Å². The summed E-state index contributed by atoms with van der Waals surface area (Å²) in [6.45, 7) is 6.90. The van der Waals surface area contributed by atoms with Gasteiger partial charge >= 0.3 is 0 Å². The summed E-state index contributed by atoms with van der Waals surface area (Å²) in [7, 11) is 0. The van der Waals surface area contributed by atoms with Gasteiger partial charge in [0.15, 0.2) is 11.6 Å². The predicted octanol–water partition coefficient (Wildman–Crippen LogP) is 3.71. The molecule has 2 N–H and O–H groups in total. The Morgan fingerprint density at radius 2 is 1.79 bits per heavy atom. The lowest BCUT2D eigenvalue weighted by Gasteiger charge is -2.54. The van der Waals surface area contributed by atoms with Crippen LogP contribution in [0.4, 0.5) is 0 Å². The number of allylic oxidation sites excluding steroid dienone is 4. The minimum Gasteiger partial charge on any atom is -0.481 e. The number of carboxylic acid groups (broad SMARTS) is 1. The Hall–Kier alpha value is -1.75. The highest BCUT2D eigenvalue weighted by Crippen LogP contribution is 2.64. The Morgan fingerprint density at radius 3 is 2.39 bits per heavy atom. The highest BCUT2D eigenvalue weighted by atomic mass is 16.4. The van der Waals surface area contributed by atoms with E-state index in [4.69, 9.17) is 9.90 Å². The third kappa shape index (κ3) is 3.18. The highest BCUT2D eigenvalue weighted by Gasteiger charge is 2.63. The van der Waals surface area contributed by atoms with Gasteiger partial charge in [-0.3, -0.25) is 14.4 Å². The number of aliphatic hydroxyl groups is 1. The van der Waals surface area contributed by atoms with E-state index >= 15 is 0 Å². The van der Waals surface area contributed by atoms with Gasteiger partial charge in [0, 0.05) is 18.8 Å². The molecule has 0 heterocycles. The van der Waals surface area contributed by atoms with Crippen LogP contribution in [0.25, 0.3) is 0 Å². The van der Waals surface area contributed by atoms with Crippen molar-refractivity contribution in [2.45, 2.75) is 71.8 Å². The number of rotatable bonds is 1. The van der Waals surface area contributed by atoms with Crippen LogP contribution in [0.5, 0.6) is 0 Å². The van der Waals surface area contributed by atoms with E-state index in [1.54, 1.807) is 6.92 Å². The third-order valence-corrected chi connectivity index (χ3v) is 7.95. The minimum absolute atomic E-state index is 0.0636. The Labute approximate surface area is 166 Å². The van der Waals surface area contributed by atoms with Crippen LogP contribution in [-0.4, -0.2) is 33.3 Å². The molecule has 5 nitrogen and oxygen atoms in total. The van der Waals surface area contributed by atoms with E-state index in [1.807, 2.05) is 6.08 Å². The van der Waals surface area contributed by atoms with E-state index in [0.717, 1.165) is 32.6 Å². The van der Waals surface area contributed by atoms with Gasteiger partial charge < -0.3 is 10.2 Å². The maximum Gasteiger partial charge on any atom is 0.300 e. The van der Waals surface area contributed by atoms with Gasteiger partial charge in [0.05, 0.1) is 0 Å². The predicted molar refractivity (Wildman–Crippen MR) is 106 cm³/mol. The molecular weight excluding hydrogens is 356 g/mol. The number of hydrogen-bond donors (Lipinski definition) is 2. The van der Waals surface area contributed by atoms with Crippen LogP contribution in [0.2, 0.25) is 0 Å². The van der Waals surface area contributed by atoms with Crippen LogP contribution in [0.1, 0.15) is 66.2 Å². The van der Waals surface area contributed by atoms with Crippen LogP contribution >= 0.6 is 0 Å². The summed E-state index contributed by atoms with van der Waals surface area (Å²) in [5.41, 5.74) is 1.05. The van der Waals surface area contributed by atoms with Crippen LogP contribution in [0.15, 0.2) is 23.3 Å². The molecule has 154 valence electrons. The molecule has 4 aliphatic carbocycles. The lowest BCUT2D eigenvalue weighted by molar-refractivity contribution is -0.155. The van der Waals surface area contributed by atoms with Crippen molar-refractivity contribution in [3.63, 3.8) is 0 Å². The molecule has 0 spiro atoms. The first-order chi connectivity index (χ1) is 13.0. The molecule has 0 aromatic rings. The number of Topliss-reactive ketones (excluding diaryl/α,β-unsaturated/α-hetero) is 1. The van der Waals surface area contributed by atoms with E-state index in [1.165, 1.54) is 11.1 Å². The lowest BCUT2D eigenvalue weighted by Crippen LogP contribution is -2.55. The van der Waals surface area contributed by atoms with Crippen molar-refractivity contribution in [2.24, 2.45) is 29.1 Å². The number of carbonyl (C=O) groups is 3. The molecule has 0 aromatic heterocycles. The molecule has 0 aliphatic heterocycles. The zero-order valence-electron chi connectivity index (χ0n) is 17.3. The summed E-state index contributed by atoms with van der Waals surface area (Å²) >= 11 is 0. The first-order valence-electron chi connectivity index (χ1n) is 10.4. The molecular formula is C23H32O5. The molecule has 0 unspecified atom stereocenters. The second-order valence-corrected chi connectivity index (χ2v) is 9.34. The molecule has 4 aliphatic rings. The molecule has 4 rings (SSSR count). The van der Waals surface area contributed by atoms with E-state index in [9.17, 15) is 14.7 Å². The molecule has 6 atom stereocenters. The van der Waals surface area contributed by atoms with Crippen LogP contribution in [0, 0.1) is 29.1 Å². The maximum absolute atomic E-state index is 12.2. The summed E-state index contributed by atoms with van der Waals surface area (Å²) in [6, 6.07) is 0. The Balaban J connectivity index is 0.000000516. The van der Waals surface area contributed by atoms with Crippen molar-refractivity contribution in [1.29, 1.82) is 0 Å². The first-order valence-corrected chi connectivity index (χ1v) is 10.4. The fourth-order valence-electron chi connectivity index (χ4n) is 6.57. The van der Waals surface area contributed by atoms with Gasteiger partial charge in [-0.1, -0.05) is 18.6 Å². The van der Waals surface area contributed by atoms with E-state index in [2.05, 4.69) is 19.9 Å². The van der Waals surface area contributed by atoms with Gasteiger partial charge in [0.1, 0.15) is 5.60 Å². The van der Waals surface area contributed by atoms with Gasteiger partial charge in [-0.25, -0.2) is 0 Å². The topological polar surface area (TPSA) is 91.7 Å². The van der Waals surface area contributed by atoms with Crippen molar-refractivity contribution >= 4 is 17.5 Å². The lowest BCUT2D eigenvalue weighted by atomic mass is 9.51. The third-order valence-electron chi connectivity index (χ3n) is 7.95. The van der Waals surface area contributed by atoms with E-state index in [0.29, 0.717) is 36.5 Å². The van der Waals surface area contributed by atoms with Crippen molar-refractivity contribution in [1.82, 2.24) is 0 Å². The molecule has 2 fully saturated rings. The number of carboxylic acids is 1. The van der Waals surface area contributed by atoms with Crippen molar-refractivity contribution < 1.29 is 24.6 Å². The number of ketones is 2. The molecule has 2 saturated carbocycles. The Kier molecular flexibility index (Phi) is 5.43. The molecule has 0 bridgehead atoms. The average Bonchev–Trinajstić information content (AvgIpc) is 2.88. The second kappa shape index (κ2) is 7.25. The van der Waals surface area contributed by atoms with Crippen molar-refractivity contribution in [3.05, 3.63) is 23.3 Å². The molecule has 0 aromatic carbocycles. The van der Waals surface area contributed by atoms with Crippen LogP contribution < -0.4 is 0 Å². The largest absolute Gasteiger partial charge is 0.481 e. The summed E-state index contributed by atoms with van der Waals surface area (Å²) in [5, 5.41) is 18.5. The number of fused-ring (bicyclic) bond motifs is 5. The van der Waals surface area contributed by atoms with Gasteiger partial charge in [-0.15, -0.1) is 0 Å². The fourth-order valence-corrected chi connectivity index (χ4v) is 6.57. The average molecular weight is 389 g/mol. The van der Waals surface area contributed by atoms with Crippen LogP contribution in [-0.2, 0) is 14.4 Å². The summed E-state index contributed by atoms with van der Waals surface area (Å²) in [5.74, 6) is 1.24. The minimum atomic E-state index is -1.15. The molecule has 28 heavy (non-hydrogen) atoms. The summed E-state index contributed by atoms with van der Waals surface area (Å²) in [4.78, 5) is 33.0. The first kappa shape index (κ1) is 21.0. The molecule has 0 radical (unpaired) electrons. The summed E-state index contributed by atoms with van der Waals surface area (Å²) in [6.07, 6.45) is 9.38. The fraction of sp³-hybridized carbons (Fsp3) is 0.696. The monoisotopic (exact) mass is 388 g/mol. The SMILES string of the molecule is CC(=O)O.CC(=O)[C@@]1(O)CC[C@H]2[C@@H]3C=C(C)C4=CC(=O)CC[C@@H]4[C@H]3CC[C@@]21C. The molecule has 0 saturated heterocycles. The number of carbonyl (C=O) groups excluding carboxylic acids is 2. The number of hydrogen-bond acceptors (Lipinski definition) is 4. The number of aliphatic carboxylic acids is 1. The standard InChI is InChI=1S/C21H28O3.C2H4O2/c1-12-10-18-16(15-5-4-14(23)11-17(12)15)6-8-20(3)19(18)7-9-21(20,24)13(2)22;1-2(3)4/h10-11,15-16,18-19,24H,4-9H2,1-3H3;1H3,(H,3,4)/t15-,16-,18-,19+,20+,21+;/m1./s1. The van der Waals surface area contributed by atoms with Crippen molar-refractivity contribution in [3.8, 4) is 0 Å². The second-order valence-electron chi connectivity index (χ2n) is 9.34. The van der Waals surface area contributed by atoms with Gasteiger partial charge in [0.25, 0.3) is 5.97 Å². The Bertz CT molecular complexity index is 759.